The highest BCUT2D eigenvalue weighted by atomic mass is 32.2. The number of hydrogen-bond acceptors (Lipinski definition) is 2. The van der Waals surface area contributed by atoms with E-state index in [4.69, 9.17) is 4.03 Å². The first-order chi connectivity index (χ1) is 11.9. The van der Waals surface area contributed by atoms with Crippen molar-refractivity contribution in [3.8, 4) is 0 Å². The summed E-state index contributed by atoms with van der Waals surface area (Å²) < 4.78 is 19.1. The molecule has 142 valence electrons. The van der Waals surface area contributed by atoms with Gasteiger partial charge >= 0.3 is 0 Å². The quantitative estimate of drug-likeness (QED) is 0.675. The van der Waals surface area contributed by atoms with Crippen molar-refractivity contribution in [3.63, 3.8) is 0 Å². The van der Waals surface area contributed by atoms with Crippen LogP contribution in [0.5, 0.6) is 0 Å². The van der Waals surface area contributed by atoms with Gasteiger partial charge in [0.15, 0.2) is 0 Å². The number of rotatable bonds is 5. The Balaban J connectivity index is 2.88. The molecular formula is C21H33NOSSi2. The Bertz CT molecular complexity index is 804. The lowest BCUT2D eigenvalue weighted by atomic mass is 10.2. The molecule has 0 unspecified atom stereocenters. The summed E-state index contributed by atoms with van der Waals surface area (Å²) in [6.45, 7) is 13.6. The molecule has 1 atom stereocenters. The first-order valence-electron chi connectivity index (χ1n) is 9.19. The van der Waals surface area contributed by atoms with Gasteiger partial charge in [0.25, 0.3) is 8.24 Å². The fourth-order valence-corrected chi connectivity index (χ4v) is 18.7. The Labute approximate surface area is 162 Å². The predicted molar refractivity (Wildman–Crippen MR) is 122 cm³/mol. The van der Waals surface area contributed by atoms with Gasteiger partial charge in [-0.1, -0.05) is 101 Å². The van der Waals surface area contributed by atoms with Crippen molar-refractivity contribution in [3.05, 3.63) is 60.7 Å². The normalized spacial score (nSPS) is 15.3. The molecule has 0 fully saturated rings. The molecule has 0 spiro atoms. The van der Waals surface area contributed by atoms with E-state index in [9.17, 15) is 4.21 Å². The fraction of sp³-hybridized carbons (Fsp3) is 0.429. The zero-order valence-corrected chi connectivity index (χ0v) is 20.1. The van der Waals surface area contributed by atoms with Crippen LogP contribution in [-0.2, 0) is 9.73 Å². The monoisotopic (exact) mass is 403 g/mol. The van der Waals surface area contributed by atoms with Gasteiger partial charge in [-0.3, -0.25) is 8.24 Å². The van der Waals surface area contributed by atoms with E-state index < -0.39 is 26.0 Å². The maximum Gasteiger partial charge on any atom is 0.259 e. The lowest BCUT2D eigenvalue weighted by Crippen LogP contribution is -2.63. The van der Waals surface area contributed by atoms with Gasteiger partial charge in [-0.25, -0.2) is 0 Å². The molecule has 2 aromatic rings. The molecule has 26 heavy (non-hydrogen) atoms. The van der Waals surface area contributed by atoms with Crippen LogP contribution in [0.1, 0.15) is 20.8 Å². The molecule has 0 amide bonds. The van der Waals surface area contributed by atoms with Crippen molar-refractivity contribution < 1.29 is 4.21 Å². The standard InChI is InChI=1S/C21H33NOSSi2/c1-21(2,3)26(19-14-10-8-11-15-19,20-16-12-9-13-17-20)22-24(4,23)18-25(5,6)7/h8-17H,18H2,1-7H3/t24-/m0/s1. The minimum absolute atomic E-state index is 0.0895. The molecular weight excluding hydrogens is 370 g/mol. The molecule has 0 heterocycles. The zero-order chi connectivity index (χ0) is 19.6. The van der Waals surface area contributed by atoms with Crippen LogP contribution in [0.2, 0.25) is 24.7 Å². The molecule has 0 bridgehead atoms. The summed E-state index contributed by atoms with van der Waals surface area (Å²) in [6.07, 6.45) is 1.88. The molecule has 2 rings (SSSR count). The molecule has 5 heteroatoms. The lowest BCUT2D eigenvalue weighted by molar-refractivity contribution is 0.682. The lowest BCUT2D eigenvalue weighted by Gasteiger charge is -2.40. The maximum absolute atomic E-state index is 13.7. The zero-order valence-electron chi connectivity index (χ0n) is 17.2. The van der Waals surface area contributed by atoms with Gasteiger partial charge < -0.3 is 0 Å². The molecule has 0 saturated carbocycles. The molecule has 0 radical (unpaired) electrons. The van der Waals surface area contributed by atoms with Gasteiger partial charge in [-0.05, 0) is 15.4 Å². The Morgan fingerprint density at radius 1 is 0.846 bits per heavy atom. The first kappa shape index (κ1) is 21.1. The van der Waals surface area contributed by atoms with Crippen LogP contribution in [-0.4, -0.2) is 32.2 Å². The SMILES string of the molecule is CC(C)(C)[Si](N=[S@@](C)(=O)C[Si](C)(C)C)(c1ccccc1)c1ccccc1. The largest absolute Gasteiger partial charge is 0.266 e. The van der Waals surface area contributed by atoms with E-state index in [0.717, 1.165) is 5.38 Å². The minimum Gasteiger partial charge on any atom is -0.266 e. The molecule has 2 nitrogen and oxygen atoms in total. The summed E-state index contributed by atoms with van der Waals surface area (Å²) in [7, 11) is -6.39. The van der Waals surface area contributed by atoms with Crippen LogP contribution in [0.3, 0.4) is 0 Å². The third kappa shape index (κ3) is 4.75. The minimum atomic E-state index is -2.61. The smallest absolute Gasteiger partial charge is 0.259 e. The van der Waals surface area contributed by atoms with Gasteiger partial charge in [-0.2, -0.15) is 0 Å². The summed E-state index contributed by atoms with van der Waals surface area (Å²) in [5, 5.41) is 3.13. The maximum atomic E-state index is 13.7. The summed E-state index contributed by atoms with van der Waals surface area (Å²) in [5.74, 6) is 0. The second-order valence-corrected chi connectivity index (χ2v) is 22.4. The van der Waals surface area contributed by atoms with Crippen LogP contribution in [0.15, 0.2) is 64.7 Å². The fourth-order valence-electron chi connectivity index (χ4n) is 3.76. The summed E-state index contributed by atoms with van der Waals surface area (Å²) >= 11 is 0. The summed E-state index contributed by atoms with van der Waals surface area (Å²) in [6, 6.07) is 21.1. The van der Waals surface area contributed by atoms with Gasteiger partial charge in [-0.15, -0.1) is 0 Å². The molecule has 0 saturated heterocycles. The highest BCUT2D eigenvalue weighted by molar-refractivity contribution is 7.95. The van der Waals surface area contributed by atoms with Gasteiger partial charge in [0.1, 0.15) is 0 Å². The van der Waals surface area contributed by atoms with Crippen molar-refractivity contribution in [2.75, 3.05) is 11.6 Å². The van der Waals surface area contributed by atoms with E-state index in [1.165, 1.54) is 10.4 Å². The van der Waals surface area contributed by atoms with Crippen LogP contribution >= 0.6 is 0 Å². The average Bonchev–Trinajstić information content (AvgIpc) is 2.51. The highest BCUT2D eigenvalue weighted by Crippen LogP contribution is 2.37. The predicted octanol–water partition coefficient (Wildman–Crippen LogP) is 4.52. The van der Waals surface area contributed by atoms with Crippen LogP contribution in [0, 0.1) is 0 Å². The number of nitrogens with zero attached hydrogens (tertiary/aromatic N) is 1. The molecule has 0 aliphatic heterocycles. The number of benzene rings is 2. The molecule has 0 aliphatic rings. The summed E-state index contributed by atoms with van der Waals surface area (Å²) in [4.78, 5) is 0. The highest BCUT2D eigenvalue weighted by Gasteiger charge is 2.50. The molecule has 0 N–H and O–H groups in total. The van der Waals surface area contributed by atoms with E-state index >= 15 is 0 Å². The van der Waals surface area contributed by atoms with Gasteiger partial charge in [0.05, 0.1) is 8.07 Å². The van der Waals surface area contributed by atoms with Crippen molar-refractivity contribution in [2.24, 2.45) is 4.03 Å². The molecule has 0 aromatic heterocycles. The Hall–Kier alpha value is -1.18. The topological polar surface area (TPSA) is 29.4 Å². The van der Waals surface area contributed by atoms with E-state index in [1.54, 1.807) is 0 Å². The number of hydrogen-bond donors (Lipinski definition) is 0. The first-order valence-corrected chi connectivity index (χ1v) is 16.9. The average molecular weight is 404 g/mol. The van der Waals surface area contributed by atoms with Gasteiger partial charge in [0.2, 0.25) is 0 Å². The van der Waals surface area contributed by atoms with Gasteiger partial charge in [0, 0.05) is 21.4 Å². The third-order valence-electron chi connectivity index (χ3n) is 4.50. The van der Waals surface area contributed by atoms with Crippen molar-refractivity contribution in [2.45, 2.75) is 45.5 Å². The van der Waals surface area contributed by atoms with Crippen molar-refractivity contribution in [1.82, 2.24) is 0 Å². The van der Waals surface area contributed by atoms with E-state index in [1.807, 2.05) is 18.4 Å². The second kappa shape index (κ2) is 7.45. The molecule has 2 aromatic carbocycles. The Morgan fingerprint density at radius 2 is 1.23 bits per heavy atom. The van der Waals surface area contributed by atoms with Crippen LogP contribution < -0.4 is 10.4 Å². The summed E-state index contributed by atoms with van der Waals surface area (Å²) in [5.41, 5.74) is 0. The molecule has 0 aliphatic carbocycles. The van der Waals surface area contributed by atoms with E-state index in [2.05, 4.69) is 88.9 Å². The third-order valence-corrected chi connectivity index (χ3v) is 17.3. The van der Waals surface area contributed by atoms with Crippen LogP contribution in [0.4, 0.5) is 0 Å². The second-order valence-electron chi connectivity index (χ2n) is 9.45. The van der Waals surface area contributed by atoms with Crippen molar-refractivity contribution >= 4 is 36.4 Å². The van der Waals surface area contributed by atoms with Crippen LogP contribution in [0.25, 0.3) is 0 Å². The Morgan fingerprint density at radius 3 is 1.54 bits per heavy atom. The van der Waals surface area contributed by atoms with Crippen molar-refractivity contribution in [1.29, 1.82) is 0 Å². The van der Waals surface area contributed by atoms with E-state index in [-0.39, 0.29) is 5.04 Å². The Kier molecular flexibility index (Phi) is 6.05. The van der Waals surface area contributed by atoms with E-state index in [0.29, 0.717) is 0 Å².